The normalized spacial score (nSPS) is 11.5. The highest BCUT2D eigenvalue weighted by atomic mass is 32.2. The molecule has 1 unspecified atom stereocenters. The Bertz CT molecular complexity index is 2280. The van der Waals surface area contributed by atoms with Crippen molar-refractivity contribution in [2.75, 3.05) is 17.7 Å². The maximum Gasteiger partial charge on any atom is 0.339 e. The molecular formula is C45H37N3O6S. The maximum atomic E-state index is 13.9. The molecule has 0 aliphatic heterocycles. The average molecular weight is 748 g/mol. The highest BCUT2D eigenvalue weighted by Crippen LogP contribution is 2.37. The lowest BCUT2D eigenvalue weighted by molar-refractivity contribution is -0.116. The molecule has 6 aromatic carbocycles. The van der Waals surface area contributed by atoms with Crippen molar-refractivity contribution in [2.24, 2.45) is 0 Å². The summed E-state index contributed by atoms with van der Waals surface area (Å²) in [5, 5.41) is 7.85. The smallest absolute Gasteiger partial charge is 0.339 e. The van der Waals surface area contributed by atoms with E-state index in [-0.39, 0.29) is 17.2 Å². The zero-order valence-corrected chi connectivity index (χ0v) is 30.6. The van der Waals surface area contributed by atoms with Gasteiger partial charge in [0, 0.05) is 16.1 Å². The van der Waals surface area contributed by atoms with Gasteiger partial charge in [-0.05, 0) is 77.4 Å². The van der Waals surface area contributed by atoms with Crippen LogP contribution >= 0.6 is 11.8 Å². The third kappa shape index (κ3) is 10.6. The van der Waals surface area contributed by atoms with E-state index in [0.29, 0.717) is 39.8 Å². The molecule has 55 heavy (non-hydrogen) atoms. The summed E-state index contributed by atoms with van der Waals surface area (Å²) >= 11 is 1.28. The van der Waals surface area contributed by atoms with Crippen LogP contribution in [0.2, 0.25) is 0 Å². The zero-order chi connectivity index (χ0) is 38.4. The molecule has 274 valence electrons. The Morgan fingerprint density at radius 3 is 2.05 bits per heavy atom. The molecule has 0 heterocycles. The van der Waals surface area contributed by atoms with Crippen molar-refractivity contribution >= 4 is 52.9 Å². The van der Waals surface area contributed by atoms with E-state index in [1.54, 1.807) is 103 Å². The van der Waals surface area contributed by atoms with Crippen LogP contribution in [0.3, 0.4) is 0 Å². The first kappa shape index (κ1) is 37.8. The summed E-state index contributed by atoms with van der Waals surface area (Å²) in [4.78, 5) is 54.0. The Hall–Kier alpha value is -6.91. The minimum atomic E-state index is -0.724. The molecule has 3 amide bonds. The van der Waals surface area contributed by atoms with Gasteiger partial charge >= 0.3 is 5.97 Å². The molecule has 1 atom stereocenters. The van der Waals surface area contributed by atoms with Crippen LogP contribution in [-0.2, 0) is 20.9 Å². The number of rotatable bonds is 14. The summed E-state index contributed by atoms with van der Waals surface area (Å²) in [5.41, 5.74) is 3.86. The van der Waals surface area contributed by atoms with Crippen LogP contribution in [-0.4, -0.2) is 30.8 Å². The van der Waals surface area contributed by atoms with E-state index < -0.39 is 23.0 Å². The minimum Gasteiger partial charge on any atom is -0.489 e. The molecule has 0 radical (unpaired) electrons. The molecule has 10 heteroatoms. The van der Waals surface area contributed by atoms with Crippen molar-refractivity contribution in [1.82, 2.24) is 5.32 Å². The Labute approximate surface area is 323 Å². The topological polar surface area (TPSA) is 123 Å². The van der Waals surface area contributed by atoms with Crippen molar-refractivity contribution in [1.29, 1.82) is 0 Å². The number of benzene rings is 6. The van der Waals surface area contributed by atoms with E-state index in [1.165, 1.54) is 18.9 Å². The first-order valence-corrected chi connectivity index (χ1v) is 18.2. The molecule has 3 N–H and O–H groups in total. The van der Waals surface area contributed by atoms with Gasteiger partial charge in [-0.25, -0.2) is 4.79 Å². The summed E-state index contributed by atoms with van der Waals surface area (Å²) in [5.74, 6) is -1.26. The number of amides is 3. The molecule has 6 rings (SSSR count). The lowest BCUT2D eigenvalue weighted by Crippen LogP contribution is -2.30. The van der Waals surface area contributed by atoms with Crippen LogP contribution in [0.5, 0.6) is 5.75 Å². The van der Waals surface area contributed by atoms with Gasteiger partial charge < -0.3 is 25.4 Å². The molecule has 0 bridgehead atoms. The Balaban J connectivity index is 1.21. The van der Waals surface area contributed by atoms with E-state index in [2.05, 4.69) is 16.0 Å². The van der Waals surface area contributed by atoms with E-state index in [9.17, 15) is 19.2 Å². The second kappa shape index (κ2) is 18.7. The zero-order valence-electron chi connectivity index (χ0n) is 29.8. The number of para-hydroxylation sites is 1. The number of carbonyl (C=O) groups is 4. The third-order valence-electron chi connectivity index (χ3n) is 8.24. The van der Waals surface area contributed by atoms with Gasteiger partial charge in [-0.2, -0.15) is 0 Å². The summed E-state index contributed by atoms with van der Waals surface area (Å²) < 4.78 is 10.8. The number of methoxy groups -OCH3 is 1. The Morgan fingerprint density at radius 1 is 0.691 bits per heavy atom. The predicted molar refractivity (Wildman–Crippen MR) is 216 cm³/mol. The van der Waals surface area contributed by atoms with Gasteiger partial charge in [0.2, 0.25) is 5.91 Å². The minimum absolute atomic E-state index is 0.0238. The highest BCUT2D eigenvalue weighted by molar-refractivity contribution is 8.00. The molecule has 0 saturated heterocycles. The molecule has 9 nitrogen and oxygen atoms in total. The van der Waals surface area contributed by atoms with E-state index in [0.717, 1.165) is 11.1 Å². The number of carbonyl (C=O) groups excluding carboxylic acids is 4. The first-order valence-electron chi connectivity index (χ1n) is 17.3. The molecule has 0 fully saturated rings. The number of hydrogen-bond acceptors (Lipinski definition) is 7. The number of esters is 1. The van der Waals surface area contributed by atoms with Crippen LogP contribution in [0, 0.1) is 0 Å². The van der Waals surface area contributed by atoms with Crippen LogP contribution in [0.25, 0.3) is 6.08 Å². The fourth-order valence-corrected chi connectivity index (χ4v) is 6.55. The van der Waals surface area contributed by atoms with Gasteiger partial charge in [0.25, 0.3) is 11.8 Å². The van der Waals surface area contributed by atoms with Gasteiger partial charge in [0.05, 0.1) is 18.4 Å². The van der Waals surface area contributed by atoms with Crippen LogP contribution < -0.4 is 20.7 Å². The van der Waals surface area contributed by atoms with Gasteiger partial charge in [-0.1, -0.05) is 109 Å². The lowest BCUT2D eigenvalue weighted by Gasteiger charge is -2.19. The number of hydrogen-bond donors (Lipinski definition) is 3. The maximum absolute atomic E-state index is 13.9. The summed E-state index contributed by atoms with van der Waals surface area (Å²) in [6, 6.07) is 48.6. The standard InChI is InChI=1S/C45H37N3O6S/c1-53-45(52)38-22-11-12-23-39(38)47-44(51)41(33-16-7-3-8-17-33)55-37-21-13-20-35(29-37)46-43(50)40(48-42(49)34-18-9-4-10-19-34)28-31-24-26-36(27-25-31)54-30-32-14-5-2-6-15-32/h2-29,41H,30H2,1H3,(H,46,50)(H,47,51)(H,48,49)/b40-28+. The number of thioether (sulfide) groups is 1. The molecule has 0 spiro atoms. The van der Waals surface area contributed by atoms with Gasteiger partial charge in [0.1, 0.15) is 23.3 Å². The SMILES string of the molecule is COC(=O)c1ccccc1NC(=O)C(Sc1cccc(NC(=O)/C(=C\c2ccc(OCc3ccccc3)cc2)NC(=O)c2ccccc2)c1)c1ccccc1. The van der Waals surface area contributed by atoms with Crippen LogP contribution in [0.1, 0.15) is 42.7 Å². The largest absolute Gasteiger partial charge is 0.489 e. The number of anilines is 2. The van der Waals surface area contributed by atoms with E-state index in [4.69, 9.17) is 9.47 Å². The summed E-state index contributed by atoms with van der Waals surface area (Å²) in [7, 11) is 1.28. The quantitative estimate of drug-likeness (QED) is 0.0578. The van der Waals surface area contributed by atoms with Crippen molar-refractivity contribution in [3.63, 3.8) is 0 Å². The molecular weight excluding hydrogens is 711 g/mol. The summed E-state index contributed by atoms with van der Waals surface area (Å²) in [6.45, 7) is 0.411. The van der Waals surface area contributed by atoms with Gasteiger partial charge in [-0.3, -0.25) is 14.4 Å². The highest BCUT2D eigenvalue weighted by Gasteiger charge is 2.24. The Morgan fingerprint density at radius 2 is 1.35 bits per heavy atom. The molecule has 0 aliphatic carbocycles. The van der Waals surface area contributed by atoms with E-state index in [1.807, 2.05) is 66.7 Å². The van der Waals surface area contributed by atoms with Crippen molar-refractivity contribution < 1.29 is 28.7 Å². The second-order valence-corrected chi connectivity index (χ2v) is 13.3. The monoisotopic (exact) mass is 747 g/mol. The van der Waals surface area contributed by atoms with Crippen molar-refractivity contribution in [3.8, 4) is 5.75 Å². The molecule has 0 aromatic heterocycles. The molecule has 6 aromatic rings. The van der Waals surface area contributed by atoms with E-state index >= 15 is 0 Å². The van der Waals surface area contributed by atoms with Crippen LogP contribution in [0.15, 0.2) is 174 Å². The van der Waals surface area contributed by atoms with Gasteiger partial charge in [0.15, 0.2) is 0 Å². The summed E-state index contributed by atoms with van der Waals surface area (Å²) in [6.07, 6.45) is 1.59. The van der Waals surface area contributed by atoms with Crippen LogP contribution in [0.4, 0.5) is 11.4 Å². The van der Waals surface area contributed by atoms with Crippen molar-refractivity contribution in [3.05, 3.63) is 197 Å². The van der Waals surface area contributed by atoms with Gasteiger partial charge in [-0.15, -0.1) is 11.8 Å². The average Bonchev–Trinajstić information content (AvgIpc) is 3.23. The fourth-order valence-electron chi connectivity index (χ4n) is 5.47. The predicted octanol–water partition coefficient (Wildman–Crippen LogP) is 8.93. The number of ether oxygens (including phenoxy) is 2. The molecule has 0 saturated carbocycles. The number of nitrogens with one attached hydrogen (secondary N) is 3. The third-order valence-corrected chi connectivity index (χ3v) is 9.49. The fraction of sp³-hybridized carbons (Fsp3) is 0.0667. The first-order chi connectivity index (χ1) is 26.9. The molecule has 0 aliphatic rings. The van der Waals surface area contributed by atoms with Crippen molar-refractivity contribution in [2.45, 2.75) is 16.8 Å². The Kier molecular flexibility index (Phi) is 12.9. The second-order valence-electron chi connectivity index (χ2n) is 12.1. The lowest BCUT2D eigenvalue weighted by atomic mass is 10.1.